The van der Waals surface area contributed by atoms with Gasteiger partial charge in [0.25, 0.3) is 0 Å². The molecule has 2 aliphatic rings. The summed E-state index contributed by atoms with van der Waals surface area (Å²) in [7, 11) is -3.75. The van der Waals surface area contributed by atoms with Gasteiger partial charge in [0.15, 0.2) is 0 Å². The quantitative estimate of drug-likeness (QED) is 0.186. The largest absolute Gasteiger partial charge is 0.309 e. The molecule has 0 amide bonds. The Morgan fingerprint density at radius 3 is 1.55 bits per heavy atom. The van der Waals surface area contributed by atoms with Crippen LogP contribution in [-0.4, -0.2) is 15.1 Å². The van der Waals surface area contributed by atoms with Crippen molar-refractivity contribution in [2.45, 2.75) is 9.79 Å². The lowest BCUT2D eigenvalue weighted by atomic mass is 9.33. The van der Waals surface area contributed by atoms with Crippen LogP contribution in [-0.2, 0) is 9.84 Å². The van der Waals surface area contributed by atoms with Crippen LogP contribution in [0.3, 0.4) is 0 Å². The Labute approximate surface area is 275 Å². The highest BCUT2D eigenvalue weighted by atomic mass is 32.2. The van der Waals surface area contributed by atoms with Gasteiger partial charge in [0.1, 0.15) is 0 Å². The second-order valence-corrected chi connectivity index (χ2v) is 14.0. The van der Waals surface area contributed by atoms with Crippen LogP contribution in [0.15, 0.2) is 180 Å². The van der Waals surface area contributed by atoms with E-state index in [1.807, 2.05) is 42.5 Å². The molecule has 0 saturated carbocycles. The molecule has 0 atom stereocenters. The van der Waals surface area contributed by atoms with Crippen molar-refractivity contribution in [3.8, 4) is 33.4 Å². The van der Waals surface area contributed by atoms with Gasteiger partial charge in [-0.1, -0.05) is 139 Å². The second-order valence-electron chi connectivity index (χ2n) is 12.1. The minimum atomic E-state index is -3.75. The first-order valence-corrected chi connectivity index (χ1v) is 17.3. The zero-order chi connectivity index (χ0) is 31.5. The molecular formula is C42H28BNO2S. The normalized spacial score (nSPS) is 13.8. The Bertz CT molecular complexity index is 2370. The summed E-state index contributed by atoms with van der Waals surface area (Å²) in [5.41, 5.74) is 12.4. The summed E-state index contributed by atoms with van der Waals surface area (Å²) >= 11 is 0. The Hall–Kier alpha value is -5.65. The van der Waals surface area contributed by atoms with Crippen LogP contribution in [0.1, 0.15) is 0 Å². The second kappa shape index (κ2) is 10.7. The number of hydrogen-bond acceptors (Lipinski definition) is 3. The lowest BCUT2D eigenvalue weighted by Crippen LogP contribution is -2.59. The molecule has 2 heterocycles. The lowest BCUT2D eigenvalue weighted by molar-refractivity contribution is 0.595. The maximum Gasteiger partial charge on any atom is 0.248 e. The van der Waals surface area contributed by atoms with Gasteiger partial charge >= 0.3 is 0 Å². The van der Waals surface area contributed by atoms with Gasteiger partial charge in [-0.3, -0.25) is 0 Å². The molecule has 0 aliphatic carbocycles. The first kappa shape index (κ1) is 27.6. The lowest BCUT2D eigenvalue weighted by Gasteiger charge is -2.41. The van der Waals surface area contributed by atoms with Gasteiger partial charge < -0.3 is 4.90 Å². The van der Waals surface area contributed by atoms with Crippen LogP contribution in [0.2, 0.25) is 0 Å². The van der Waals surface area contributed by atoms with E-state index in [2.05, 4.69) is 114 Å². The first-order chi connectivity index (χ1) is 23.1. The monoisotopic (exact) mass is 621 g/mol. The van der Waals surface area contributed by atoms with Gasteiger partial charge in [0, 0.05) is 5.69 Å². The number of nitrogens with zero attached hydrogens (tertiary/aromatic N) is 1. The highest BCUT2D eigenvalue weighted by Crippen LogP contribution is 2.48. The van der Waals surface area contributed by atoms with Gasteiger partial charge in [-0.15, -0.1) is 0 Å². The molecule has 7 aromatic carbocycles. The maximum absolute atomic E-state index is 14.2. The smallest absolute Gasteiger partial charge is 0.248 e. The summed E-state index contributed by atoms with van der Waals surface area (Å²) < 4.78 is 28.5. The van der Waals surface area contributed by atoms with Crippen LogP contribution in [0.25, 0.3) is 33.4 Å². The van der Waals surface area contributed by atoms with Gasteiger partial charge in [0.05, 0.1) is 21.2 Å². The topological polar surface area (TPSA) is 37.4 Å². The van der Waals surface area contributed by atoms with E-state index in [1.165, 1.54) is 0 Å². The predicted octanol–water partition coefficient (Wildman–Crippen LogP) is 8.13. The maximum atomic E-state index is 14.2. The highest BCUT2D eigenvalue weighted by Gasteiger charge is 2.44. The highest BCUT2D eigenvalue weighted by molar-refractivity contribution is 7.92. The van der Waals surface area contributed by atoms with E-state index in [-0.39, 0.29) is 6.71 Å². The average molecular weight is 622 g/mol. The average Bonchev–Trinajstić information content (AvgIpc) is 3.14. The Morgan fingerprint density at radius 1 is 0.426 bits per heavy atom. The third-order valence-electron chi connectivity index (χ3n) is 9.48. The fourth-order valence-corrected chi connectivity index (χ4v) is 9.13. The number of hydrogen-bond donors (Lipinski definition) is 0. The Balaban J connectivity index is 1.43. The predicted molar refractivity (Wildman–Crippen MR) is 194 cm³/mol. The van der Waals surface area contributed by atoms with Crippen molar-refractivity contribution >= 4 is 50.0 Å². The van der Waals surface area contributed by atoms with Crippen molar-refractivity contribution in [2.75, 3.05) is 4.90 Å². The van der Waals surface area contributed by atoms with E-state index in [9.17, 15) is 8.42 Å². The molecule has 0 N–H and O–H groups in total. The molecule has 5 heteroatoms. The summed E-state index contributed by atoms with van der Waals surface area (Å²) in [5, 5.41) is 0. The van der Waals surface area contributed by atoms with Crippen LogP contribution in [0, 0.1) is 0 Å². The van der Waals surface area contributed by atoms with Crippen LogP contribution in [0.4, 0.5) is 17.1 Å². The summed E-state index contributed by atoms with van der Waals surface area (Å²) in [6.07, 6.45) is 0. The Morgan fingerprint density at radius 2 is 0.915 bits per heavy atom. The standard InChI is InChI=1S/C42H28BNO2S/c45-47(46)39-25-13-12-24-38(39)44-37-23-11-10-21-35(37)43(36-22-14-26-40(47)42(36)44)41-33(30-17-6-2-7-18-30)27-32(29-15-4-1-5-16-29)28-34(41)31-19-8-3-9-20-31/h1-28H. The number of anilines is 3. The molecule has 7 aromatic rings. The van der Waals surface area contributed by atoms with E-state index in [0.717, 1.165) is 61.1 Å². The summed E-state index contributed by atoms with van der Waals surface area (Å²) in [4.78, 5) is 2.84. The van der Waals surface area contributed by atoms with Gasteiger partial charge in [-0.25, -0.2) is 8.42 Å². The molecule has 0 unspecified atom stereocenters. The molecule has 222 valence electrons. The van der Waals surface area contributed by atoms with E-state index in [0.29, 0.717) is 15.5 Å². The molecule has 0 fully saturated rings. The molecule has 0 aromatic heterocycles. The number of para-hydroxylation sites is 3. The zero-order valence-electron chi connectivity index (χ0n) is 25.4. The van der Waals surface area contributed by atoms with E-state index in [1.54, 1.807) is 18.2 Å². The minimum absolute atomic E-state index is 0.243. The molecule has 9 rings (SSSR count). The third kappa shape index (κ3) is 4.24. The van der Waals surface area contributed by atoms with Crippen LogP contribution >= 0.6 is 0 Å². The van der Waals surface area contributed by atoms with Crippen LogP contribution < -0.4 is 21.3 Å². The SMILES string of the molecule is O=S1(=O)c2ccccc2N2c3ccccc3B(c3c(-c4ccccc4)cc(-c4ccccc4)cc3-c3ccccc3)c3cccc1c32. The minimum Gasteiger partial charge on any atom is -0.309 e. The van der Waals surface area contributed by atoms with E-state index < -0.39 is 9.84 Å². The Kier molecular flexibility index (Phi) is 6.31. The number of sulfone groups is 1. The first-order valence-electron chi connectivity index (χ1n) is 15.8. The molecule has 0 saturated heterocycles. The van der Waals surface area contributed by atoms with Crippen molar-refractivity contribution < 1.29 is 8.42 Å². The zero-order valence-corrected chi connectivity index (χ0v) is 26.2. The fraction of sp³-hybridized carbons (Fsp3) is 0. The number of fused-ring (bicyclic) bond motifs is 4. The summed E-state index contributed by atoms with van der Waals surface area (Å²) in [5.74, 6) is 0. The molecule has 2 aliphatic heterocycles. The molecule has 47 heavy (non-hydrogen) atoms. The van der Waals surface area contributed by atoms with Gasteiger partial charge in [0.2, 0.25) is 16.6 Å². The molecule has 0 spiro atoms. The van der Waals surface area contributed by atoms with Crippen molar-refractivity contribution in [3.63, 3.8) is 0 Å². The van der Waals surface area contributed by atoms with Crippen LogP contribution in [0.5, 0.6) is 0 Å². The van der Waals surface area contributed by atoms with Gasteiger partial charge in [-0.05, 0) is 80.7 Å². The van der Waals surface area contributed by atoms with Crippen molar-refractivity contribution in [1.82, 2.24) is 0 Å². The molecule has 3 nitrogen and oxygen atoms in total. The summed E-state index contributed by atoms with van der Waals surface area (Å²) in [6.45, 7) is -0.243. The molecule has 0 bridgehead atoms. The summed E-state index contributed by atoms with van der Waals surface area (Å²) in [6, 6.07) is 57.9. The molecule has 0 radical (unpaired) electrons. The molecular weight excluding hydrogens is 593 g/mol. The van der Waals surface area contributed by atoms with Crippen molar-refractivity contribution in [3.05, 3.63) is 170 Å². The van der Waals surface area contributed by atoms with Crippen molar-refractivity contribution in [1.29, 1.82) is 0 Å². The van der Waals surface area contributed by atoms with E-state index in [4.69, 9.17) is 0 Å². The number of rotatable bonds is 4. The number of benzene rings is 7. The van der Waals surface area contributed by atoms with E-state index >= 15 is 0 Å². The van der Waals surface area contributed by atoms with Gasteiger partial charge in [-0.2, -0.15) is 0 Å². The third-order valence-corrected chi connectivity index (χ3v) is 11.3. The van der Waals surface area contributed by atoms with Crippen molar-refractivity contribution in [2.24, 2.45) is 0 Å². The fourth-order valence-electron chi connectivity index (χ4n) is 7.48.